The minimum absolute atomic E-state index is 0.119. The Hall–Kier alpha value is -6.70. The molecule has 0 N–H and O–H groups in total. The van der Waals surface area contributed by atoms with E-state index in [0.29, 0.717) is 0 Å². The zero-order chi connectivity index (χ0) is 38.5. The molecule has 9 aromatic carbocycles. The lowest BCUT2D eigenvalue weighted by Gasteiger charge is -2.30. The molecule has 9 aromatic rings. The molecule has 0 amide bonds. The van der Waals surface area contributed by atoms with Crippen LogP contribution in [0.5, 0.6) is 0 Å². The van der Waals surface area contributed by atoms with Crippen molar-refractivity contribution in [3.8, 4) is 44.5 Å². The van der Waals surface area contributed by atoms with E-state index < -0.39 is 0 Å². The van der Waals surface area contributed by atoms with Gasteiger partial charge in [-0.25, -0.2) is 0 Å². The van der Waals surface area contributed by atoms with Gasteiger partial charge in [0.15, 0.2) is 0 Å². The Bertz CT molecular complexity index is 3060. The van der Waals surface area contributed by atoms with Crippen molar-refractivity contribution in [3.63, 3.8) is 0 Å². The second kappa shape index (κ2) is 12.4. The molecule has 1 heteroatoms. The molecule has 57 heavy (non-hydrogen) atoms. The fourth-order valence-electron chi connectivity index (χ4n) is 10.2. The lowest BCUT2D eigenvalue weighted by Crippen LogP contribution is -2.17. The predicted octanol–water partition coefficient (Wildman–Crippen LogP) is 15.4. The van der Waals surface area contributed by atoms with Gasteiger partial charge in [-0.2, -0.15) is 0 Å². The summed E-state index contributed by atoms with van der Waals surface area (Å²) in [5.74, 6) is 0. The van der Waals surface area contributed by atoms with Gasteiger partial charge in [-0.3, -0.25) is 0 Å². The van der Waals surface area contributed by atoms with Crippen LogP contribution in [0, 0.1) is 0 Å². The van der Waals surface area contributed by atoms with Gasteiger partial charge in [0, 0.05) is 27.8 Å². The SMILES string of the molecule is CC1(C)c2ccccc2-c2ccc(N(c3ccc(-c4ccccc4)cc3)c3cccc4c3-c3cc(-c5ccc6ccccc6c5)c5ccccc5c3C4(C)C)cc21. The maximum Gasteiger partial charge on any atom is 0.0543 e. The molecule has 0 saturated carbocycles. The van der Waals surface area contributed by atoms with E-state index in [2.05, 4.69) is 221 Å². The van der Waals surface area contributed by atoms with Crippen LogP contribution >= 0.6 is 0 Å². The van der Waals surface area contributed by atoms with E-state index >= 15 is 0 Å². The van der Waals surface area contributed by atoms with Crippen LogP contribution in [0.1, 0.15) is 49.9 Å². The molecule has 0 spiro atoms. The second-order valence-corrected chi connectivity index (χ2v) is 16.9. The number of nitrogens with zero attached hydrogens (tertiary/aromatic N) is 1. The molecule has 1 nitrogen and oxygen atoms in total. The van der Waals surface area contributed by atoms with Crippen molar-refractivity contribution in [3.05, 3.63) is 210 Å². The summed E-state index contributed by atoms with van der Waals surface area (Å²) in [5, 5.41) is 5.13. The predicted molar refractivity (Wildman–Crippen MR) is 242 cm³/mol. The topological polar surface area (TPSA) is 3.24 Å². The summed E-state index contributed by atoms with van der Waals surface area (Å²) in [6, 6.07) is 70.0. The highest BCUT2D eigenvalue weighted by Crippen LogP contribution is 2.58. The van der Waals surface area contributed by atoms with Crippen molar-refractivity contribution < 1.29 is 0 Å². The average molecular weight is 730 g/mol. The van der Waals surface area contributed by atoms with E-state index in [1.54, 1.807) is 0 Å². The third-order valence-corrected chi connectivity index (χ3v) is 13.0. The number of fused-ring (bicyclic) bond motifs is 9. The van der Waals surface area contributed by atoms with Crippen LogP contribution in [0.25, 0.3) is 66.1 Å². The first kappa shape index (κ1) is 33.6. The van der Waals surface area contributed by atoms with Crippen molar-refractivity contribution in [1.29, 1.82) is 0 Å². The second-order valence-electron chi connectivity index (χ2n) is 16.9. The van der Waals surface area contributed by atoms with Crippen LogP contribution in [0.15, 0.2) is 188 Å². The monoisotopic (exact) mass is 729 g/mol. The van der Waals surface area contributed by atoms with Gasteiger partial charge in [0.05, 0.1) is 5.69 Å². The summed E-state index contributed by atoms with van der Waals surface area (Å²) in [7, 11) is 0. The Morgan fingerprint density at radius 1 is 0.351 bits per heavy atom. The molecular weight excluding hydrogens is 687 g/mol. The van der Waals surface area contributed by atoms with Gasteiger partial charge in [0.25, 0.3) is 0 Å². The molecule has 0 heterocycles. The van der Waals surface area contributed by atoms with E-state index in [4.69, 9.17) is 0 Å². The first-order valence-corrected chi connectivity index (χ1v) is 20.2. The van der Waals surface area contributed by atoms with E-state index in [-0.39, 0.29) is 10.8 Å². The molecule has 272 valence electrons. The summed E-state index contributed by atoms with van der Waals surface area (Å²) >= 11 is 0. The van der Waals surface area contributed by atoms with E-state index in [1.807, 2.05) is 0 Å². The van der Waals surface area contributed by atoms with Gasteiger partial charge in [-0.1, -0.05) is 173 Å². The zero-order valence-corrected chi connectivity index (χ0v) is 32.8. The molecule has 11 rings (SSSR count). The van der Waals surface area contributed by atoms with Crippen molar-refractivity contribution >= 4 is 38.6 Å². The van der Waals surface area contributed by atoms with E-state index in [0.717, 1.165) is 11.4 Å². The smallest absolute Gasteiger partial charge is 0.0543 e. The van der Waals surface area contributed by atoms with Gasteiger partial charge in [0.1, 0.15) is 0 Å². The lowest BCUT2D eigenvalue weighted by molar-refractivity contribution is 0.660. The van der Waals surface area contributed by atoms with Crippen LogP contribution in [-0.4, -0.2) is 0 Å². The van der Waals surface area contributed by atoms with Crippen molar-refractivity contribution in [2.45, 2.75) is 38.5 Å². The molecule has 0 atom stereocenters. The quantitative estimate of drug-likeness (QED) is 0.170. The number of rotatable bonds is 5. The van der Waals surface area contributed by atoms with Crippen LogP contribution in [-0.2, 0) is 10.8 Å². The summed E-state index contributed by atoms with van der Waals surface area (Å²) in [5.41, 5.74) is 18.9. The highest BCUT2D eigenvalue weighted by Gasteiger charge is 2.41. The van der Waals surface area contributed by atoms with Gasteiger partial charge in [-0.15, -0.1) is 0 Å². The number of benzene rings is 9. The van der Waals surface area contributed by atoms with Crippen molar-refractivity contribution in [2.75, 3.05) is 4.90 Å². The standard InChI is InChI=1S/C56H43N/c1-55(2)49-22-13-12-20-44(49)45-32-31-42(34-51(45)55)57(41-29-27-38(28-30-41)36-15-6-5-7-16-36)52-24-14-23-50-53(52)48-35-47(40-26-25-37-17-8-9-18-39(37)33-40)43-19-10-11-21-46(43)54(48)56(50,3)4/h5-35H,1-4H3. The first-order valence-electron chi connectivity index (χ1n) is 20.2. The van der Waals surface area contributed by atoms with Crippen LogP contribution in [0.3, 0.4) is 0 Å². The Balaban J connectivity index is 1.17. The Morgan fingerprint density at radius 3 is 1.81 bits per heavy atom. The Kier molecular flexibility index (Phi) is 7.32. The minimum atomic E-state index is -0.216. The van der Waals surface area contributed by atoms with Crippen LogP contribution in [0.4, 0.5) is 17.1 Å². The average Bonchev–Trinajstić information content (AvgIpc) is 3.63. The van der Waals surface area contributed by atoms with Crippen molar-refractivity contribution in [1.82, 2.24) is 0 Å². The Labute approximate surface area is 335 Å². The fraction of sp³-hybridized carbons (Fsp3) is 0.107. The normalized spacial score (nSPS) is 14.2. The van der Waals surface area contributed by atoms with E-state index in [9.17, 15) is 0 Å². The molecule has 0 bridgehead atoms. The zero-order valence-electron chi connectivity index (χ0n) is 32.8. The molecular formula is C56H43N. The maximum atomic E-state index is 2.52. The van der Waals surface area contributed by atoms with Crippen LogP contribution < -0.4 is 4.90 Å². The largest absolute Gasteiger partial charge is 0.310 e. The van der Waals surface area contributed by atoms with Gasteiger partial charge in [-0.05, 0) is 125 Å². The van der Waals surface area contributed by atoms with Gasteiger partial charge >= 0.3 is 0 Å². The Morgan fingerprint density at radius 2 is 0.982 bits per heavy atom. The summed E-state index contributed by atoms with van der Waals surface area (Å²) in [6.45, 7) is 9.58. The molecule has 0 aromatic heterocycles. The van der Waals surface area contributed by atoms with Crippen LogP contribution in [0.2, 0.25) is 0 Å². The fourth-order valence-corrected chi connectivity index (χ4v) is 10.2. The number of hydrogen-bond acceptors (Lipinski definition) is 1. The third-order valence-electron chi connectivity index (χ3n) is 13.0. The summed E-state index contributed by atoms with van der Waals surface area (Å²) < 4.78 is 0. The minimum Gasteiger partial charge on any atom is -0.310 e. The third kappa shape index (κ3) is 5.02. The molecule has 2 aliphatic carbocycles. The molecule has 0 saturated heterocycles. The summed E-state index contributed by atoms with van der Waals surface area (Å²) in [6.07, 6.45) is 0. The number of anilines is 3. The molecule has 0 aliphatic heterocycles. The van der Waals surface area contributed by atoms with Gasteiger partial charge in [0.2, 0.25) is 0 Å². The maximum absolute atomic E-state index is 2.52. The van der Waals surface area contributed by atoms with Crippen molar-refractivity contribution in [2.24, 2.45) is 0 Å². The lowest BCUT2D eigenvalue weighted by atomic mass is 9.79. The highest BCUT2D eigenvalue weighted by molar-refractivity contribution is 6.09. The highest BCUT2D eigenvalue weighted by atomic mass is 15.1. The molecule has 0 radical (unpaired) electrons. The molecule has 2 aliphatic rings. The number of hydrogen-bond donors (Lipinski definition) is 0. The van der Waals surface area contributed by atoms with E-state index in [1.165, 1.54) is 94.0 Å². The van der Waals surface area contributed by atoms with Gasteiger partial charge < -0.3 is 4.90 Å². The summed E-state index contributed by atoms with van der Waals surface area (Å²) in [4.78, 5) is 2.52. The first-order chi connectivity index (χ1) is 27.8. The molecule has 0 fully saturated rings. The molecule has 0 unspecified atom stereocenters.